The molecular formula is C20H26F3N3O5S. The van der Waals surface area contributed by atoms with Gasteiger partial charge in [0.05, 0.1) is 16.2 Å². The van der Waals surface area contributed by atoms with Gasteiger partial charge in [0, 0.05) is 45.6 Å². The van der Waals surface area contributed by atoms with Crippen LogP contribution in [0.4, 0.5) is 13.2 Å². The zero-order chi connectivity index (χ0) is 23.4. The lowest BCUT2D eigenvalue weighted by Crippen LogP contribution is -2.41. The Morgan fingerprint density at radius 1 is 1.16 bits per heavy atom. The van der Waals surface area contributed by atoms with Crippen LogP contribution < -0.4 is 0 Å². The Kier molecular flexibility index (Phi) is 7.78. The number of aliphatic hydroxyl groups is 1. The molecule has 32 heavy (non-hydrogen) atoms. The number of amides is 1. The van der Waals surface area contributed by atoms with Crippen molar-refractivity contribution < 1.29 is 36.3 Å². The molecule has 8 nitrogen and oxygen atoms in total. The van der Waals surface area contributed by atoms with E-state index in [2.05, 4.69) is 5.16 Å². The van der Waals surface area contributed by atoms with Crippen molar-refractivity contribution in [3.63, 3.8) is 0 Å². The molecule has 1 aromatic carbocycles. The fraction of sp³-hybridized carbons (Fsp3) is 0.600. The minimum atomic E-state index is -4.63. The third kappa shape index (κ3) is 5.99. The number of likely N-dealkylation sites (tertiary alicyclic amines) is 1. The largest absolute Gasteiger partial charge is 0.416 e. The van der Waals surface area contributed by atoms with Gasteiger partial charge in [0.2, 0.25) is 10.0 Å². The molecule has 0 aromatic heterocycles. The number of hydrogen-bond donors (Lipinski definition) is 1. The molecule has 178 valence electrons. The summed E-state index contributed by atoms with van der Waals surface area (Å²) >= 11 is 0. The second-order valence-corrected chi connectivity index (χ2v) is 9.81. The molecule has 0 spiro atoms. The van der Waals surface area contributed by atoms with Crippen molar-refractivity contribution in [2.75, 3.05) is 39.4 Å². The Balaban J connectivity index is 1.50. The van der Waals surface area contributed by atoms with Crippen LogP contribution in [0.1, 0.15) is 31.2 Å². The first-order chi connectivity index (χ1) is 15.1. The third-order valence-electron chi connectivity index (χ3n) is 5.71. The Bertz CT molecular complexity index is 934. The number of benzene rings is 1. The lowest BCUT2D eigenvalue weighted by atomic mass is 9.98. The minimum absolute atomic E-state index is 0.0589. The van der Waals surface area contributed by atoms with Crippen molar-refractivity contribution in [1.82, 2.24) is 9.21 Å². The van der Waals surface area contributed by atoms with Gasteiger partial charge in [-0.25, -0.2) is 8.42 Å². The average molecular weight is 478 g/mol. The van der Waals surface area contributed by atoms with E-state index in [1.54, 1.807) is 4.90 Å². The summed E-state index contributed by atoms with van der Waals surface area (Å²) < 4.78 is 65.3. The standard InChI is InChI=1S/C20H26F3N3O5S/c21-20(22,23)16-2-1-3-18(12-16)32(29,30)26-10-6-17(7-11-26)24-31-14-19(28)25-8-4-15(13-27)5-9-25/h1-3,12,15,27H,4-11,13-14H2. The molecule has 3 rings (SSSR count). The van der Waals surface area contributed by atoms with Crippen molar-refractivity contribution in [2.45, 2.75) is 36.8 Å². The molecule has 0 atom stereocenters. The molecule has 0 aliphatic carbocycles. The molecule has 2 aliphatic rings. The summed E-state index contributed by atoms with van der Waals surface area (Å²) in [5.41, 5.74) is -0.427. The second kappa shape index (κ2) is 10.2. The molecule has 2 saturated heterocycles. The number of carbonyl (C=O) groups is 1. The summed E-state index contributed by atoms with van der Waals surface area (Å²) in [7, 11) is -4.06. The van der Waals surface area contributed by atoms with Crippen LogP contribution in [0.25, 0.3) is 0 Å². The highest BCUT2D eigenvalue weighted by Gasteiger charge is 2.34. The van der Waals surface area contributed by atoms with Crippen molar-refractivity contribution in [1.29, 1.82) is 0 Å². The molecule has 0 unspecified atom stereocenters. The normalized spacial score (nSPS) is 19.1. The molecule has 0 bridgehead atoms. The van der Waals surface area contributed by atoms with Gasteiger partial charge in [-0.05, 0) is 37.0 Å². The molecule has 1 N–H and O–H groups in total. The molecule has 1 aromatic rings. The number of hydrogen-bond acceptors (Lipinski definition) is 6. The summed E-state index contributed by atoms with van der Waals surface area (Å²) in [5.74, 6) is 0.0212. The molecule has 0 radical (unpaired) electrons. The zero-order valence-electron chi connectivity index (χ0n) is 17.4. The Hall–Kier alpha value is -2.18. The van der Waals surface area contributed by atoms with Gasteiger partial charge in [-0.2, -0.15) is 17.5 Å². The van der Waals surface area contributed by atoms with Gasteiger partial charge in [-0.1, -0.05) is 11.2 Å². The Morgan fingerprint density at radius 2 is 1.81 bits per heavy atom. The molecule has 2 fully saturated rings. The van der Waals surface area contributed by atoms with Crippen LogP contribution in [-0.2, 0) is 25.8 Å². The summed E-state index contributed by atoms with van der Waals surface area (Å²) in [5, 5.41) is 13.1. The van der Waals surface area contributed by atoms with Gasteiger partial charge in [-0.3, -0.25) is 4.79 Å². The predicted molar refractivity (Wildman–Crippen MR) is 109 cm³/mol. The topological polar surface area (TPSA) is 99.5 Å². The minimum Gasteiger partial charge on any atom is -0.396 e. The number of alkyl halides is 3. The first kappa shape index (κ1) is 24.5. The Labute approximate surface area is 184 Å². The van der Waals surface area contributed by atoms with E-state index < -0.39 is 26.7 Å². The lowest BCUT2D eigenvalue weighted by molar-refractivity contribution is -0.138. The predicted octanol–water partition coefficient (Wildman–Crippen LogP) is 2.09. The quantitative estimate of drug-likeness (QED) is 0.633. The van der Waals surface area contributed by atoms with E-state index in [0.29, 0.717) is 24.9 Å². The van der Waals surface area contributed by atoms with Gasteiger partial charge >= 0.3 is 6.18 Å². The number of sulfonamides is 1. The van der Waals surface area contributed by atoms with Crippen LogP contribution in [0, 0.1) is 5.92 Å². The van der Waals surface area contributed by atoms with Gasteiger partial charge < -0.3 is 14.8 Å². The second-order valence-electron chi connectivity index (χ2n) is 7.87. The van der Waals surface area contributed by atoms with Crippen LogP contribution >= 0.6 is 0 Å². The number of piperidine rings is 2. The number of rotatable bonds is 6. The molecule has 12 heteroatoms. The van der Waals surface area contributed by atoms with E-state index in [-0.39, 0.29) is 51.0 Å². The van der Waals surface area contributed by atoms with Gasteiger partial charge in [0.15, 0.2) is 6.61 Å². The fourth-order valence-electron chi connectivity index (χ4n) is 3.69. The summed E-state index contributed by atoms with van der Waals surface area (Å²) in [4.78, 5) is 18.6. The summed E-state index contributed by atoms with van der Waals surface area (Å²) in [6, 6.07) is 3.68. The van der Waals surface area contributed by atoms with Crippen LogP contribution in [0.5, 0.6) is 0 Å². The number of carbonyl (C=O) groups excluding carboxylic acids is 1. The molecule has 2 aliphatic heterocycles. The van der Waals surface area contributed by atoms with Crippen LogP contribution in [0.15, 0.2) is 34.3 Å². The van der Waals surface area contributed by atoms with Crippen molar-refractivity contribution in [3.8, 4) is 0 Å². The lowest BCUT2D eigenvalue weighted by Gasteiger charge is -2.30. The Morgan fingerprint density at radius 3 is 2.41 bits per heavy atom. The van der Waals surface area contributed by atoms with Crippen LogP contribution in [-0.4, -0.2) is 73.7 Å². The molecule has 2 heterocycles. The fourth-order valence-corrected chi connectivity index (χ4v) is 5.18. The van der Waals surface area contributed by atoms with Crippen LogP contribution in [0.2, 0.25) is 0 Å². The van der Waals surface area contributed by atoms with Crippen LogP contribution in [0.3, 0.4) is 0 Å². The van der Waals surface area contributed by atoms with E-state index >= 15 is 0 Å². The molecule has 1 amide bonds. The van der Waals surface area contributed by atoms with E-state index in [1.165, 1.54) is 0 Å². The molecule has 0 saturated carbocycles. The first-order valence-corrected chi connectivity index (χ1v) is 11.8. The zero-order valence-corrected chi connectivity index (χ0v) is 18.2. The first-order valence-electron chi connectivity index (χ1n) is 10.3. The smallest absolute Gasteiger partial charge is 0.396 e. The monoisotopic (exact) mass is 477 g/mol. The van der Waals surface area contributed by atoms with Gasteiger partial charge in [0.1, 0.15) is 0 Å². The summed E-state index contributed by atoms with van der Waals surface area (Å²) in [6.07, 6.45) is -2.63. The van der Waals surface area contributed by atoms with E-state index in [9.17, 15) is 26.4 Å². The number of oxime groups is 1. The number of nitrogens with zero attached hydrogens (tertiary/aromatic N) is 3. The maximum absolute atomic E-state index is 12.9. The third-order valence-corrected chi connectivity index (χ3v) is 7.60. The van der Waals surface area contributed by atoms with E-state index in [0.717, 1.165) is 35.3 Å². The van der Waals surface area contributed by atoms with Crippen molar-refractivity contribution >= 4 is 21.6 Å². The van der Waals surface area contributed by atoms with Crippen molar-refractivity contribution in [2.24, 2.45) is 11.1 Å². The maximum Gasteiger partial charge on any atom is 0.416 e. The molecular weight excluding hydrogens is 451 g/mol. The highest BCUT2D eigenvalue weighted by Crippen LogP contribution is 2.31. The van der Waals surface area contributed by atoms with E-state index in [1.807, 2.05) is 0 Å². The SMILES string of the molecule is O=C(CON=C1CCN(S(=O)(=O)c2cccc(C(F)(F)F)c2)CC1)N1CCC(CO)CC1. The van der Waals surface area contributed by atoms with E-state index in [4.69, 9.17) is 9.94 Å². The summed E-state index contributed by atoms with van der Waals surface area (Å²) in [6.45, 7) is 1.14. The van der Waals surface area contributed by atoms with Crippen molar-refractivity contribution in [3.05, 3.63) is 29.8 Å². The number of aliphatic hydroxyl groups excluding tert-OH is 1. The highest BCUT2D eigenvalue weighted by molar-refractivity contribution is 7.89. The number of halogens is 3. The average Bonchev–Trinajstić information content (AvgIpc) is 2.79. The van der Waals surface area contributed by atoms with Gasteiger partial charge in [0.25, 0.3) is 5.91 Å². The van der Waals surface area contributed by atoms with Gasteiger partial charge in [-0.15, -0.1) is 0 Å². The maximum atomic E-state index is 12.9. The highest BCUT2D eigenvalue weighted by atomic mass is 32.2.